The summed E-state index contributed by atoms with van der Waals surface area (Å²) in [7, 11) is 0. The van der Waals surface area contributed by atoms with Gasteiger partial charge in [0.05, 0.1) is 5.69 Å². The van der Waals surface area contributed by atoms with Crippen LogP contribution in [-0.4, -0.2) is 21.6 Å². The first-order chi connectivity index (χ1) is 7.48. The zero-order valence-electron chi connectivity index (χ0n) is 9.24. The molecular weight excluding hydrogens is 204 g/mol. The first kappa shape index (κ1) is 10.7. The summed E-state index contributed by atoms with van der Waals surface area (Å²) in [6.45, 7) is 2.91. The summed E-state index contributed by atoms with van der Waals surface area (Å²) in [5.74, 6) is -0.419. The predicted molar refractivity (Wildman–Crippen MR) is 63.2 cm³/mol. The van der Waals surface area contributed by atoms with Crippen LogP contribution in [0.2, 0.25) is 0 Å². The third kappa shape index (κ3) is 1.92. The smallest absolute Gasteiger partial charge is 0.255 e. The van der Waals surface area contributed by atoms with E-state index in [1.807, 2.05) is 24.3 Å². The number of aliphatic hydroxyl groups is 1. The largest absolute Gasteiger partial charge is 0.381 e. The molecule has 4 nitrogen and oxygen atoms in total. The van der Waals surface area contributed by atoms with Crippen molar-refractivity contribution in [2.75, 3.05) is 5.32 Å². The number of anilines is 1. The highest BCUT2D eigenvalue weighted by Crippen LogP contribution is 2.23. The number of H-pyrrole nitrogens is 1. The van der Waals surface area contributed by atoms with Crippen molar-refractivity contribution in [2.24, 2.45) is 0 Å². The third-order valence-corrected chi connectivity index (χ3v) is 2.39. The molecule has 2 rings (SSSR count). The highest BCUT2D eigenvalue weighted by Gasteiger charge is 2.24. The van der Waals surface area contributed by atoms with E-state index in [0.29, 0.717) is 5.69 Å². The summed E-state index contributed by atoms with van der Waals surface area (Å²) in [6.07, 6.45) is 1.72. The quantitative estimate of drug-likeness (QED) is 0.720. The maximum atomic E-state index is 11.6. The van der Waals surface area contributed by atoms with Gasteiger partial charge >= 0.3 is 0 Å². The number of para-hydroxylation sites is 1. The van der Waals surface area contributed by atoms with Crippen LogP contribution in [0.1, 0.15) is 13.8 Å². The van der Waals surface area contributed by atoms with Crippen molar-refractivity contribution >= 4 is 22.5 Å². The molecule has 0 spiro atoms. The summed E-state index contributed by atoms with van der Waals surface area (Å²) in [4.78, 5) is 14.6. The van der Waals surface area contributed by atoms with Crippen LogP contribution in [0, 0.1) is 0 Å². The second-order valence-corrected chi connectivity index (χ2v) is 4.26. The lowest BCUT2D eigenvalue weighted by Crippen LogP contribution is -2.36. The summed E-state index contributed by atoms with van der Waals surface area (Å²) in [6, 6.07) is 7.65. The Labute approximate surface area is 93.3 Å². The molecule has 3 N–H and O–H groups in total. The minimum Gasteiger partial charge on any atom is -0.381 e. The van der Waals surface area contributed by atoms with Crippen LogP contribution < -0.4 is 5.32 Å². The topological polar surface area (TPSA) is 65.1 Å². The normalized spacial score (nSPS) is 11.7. The molecule has 0 saturated carbocycles. The first-order valence-corrected chi connectivity index (χ1v) is 5.08. The number of fused-ring (bicyclic) bond motifs is 1. The number of aromatic amines is 1. The maximum absolute atomic E-state index is 11.6. The molecule has 1 amide bonds. The number of benzene rings is 1. The molecule has 1 aromatic carbocycles. The fourth-order valence-corrected chi connectivity index (χ4v) is 1.45. The fourth-order valence-electron chi connectivity index (χ4n) is 1.45. The molecule has 0 atom stereocenters. The van der Waals surface area contributed by atoms with Gasteiger partial charge in [0.2, 0.25) is 0 Å². The Bertz CT molecular complexity index is 523. The molecule has 1 aromatic heterocycles. The van der Waals surface area contributed by atoms with Crippen molar-refractivity contribution < 1.29 is 9.90 Å². The SMILES string of the molecule is CC(C)(O)C(=O)Nc1c[nH]c2ccccc12. The minimum atomic E-state index is -1.38. The van der Waals surface area contributed by atoms with E-state index in [-0.39, 0.29) is 0 Å². The molecule has 16 heavy (non-hydrogen) atoms. The highest BCUT2D eigenvalue weighted by molar-refractivity contribution is 6.04. The third-order valence-electron chi connectivity index (χ3n) is 2.39. The standard InChI is InChI=1S/C12H14N2O2/c1-12(2,16)11(15)14-10-7-13-9-6-4-3-5-8(9)10/h3-7,13,16H,1-2H3,(H,14,15). The first-order valence-electron chi connectivity index (χ1n) is 5.08. The minimum absolute atomic E-state index is 0.419. The average molecular weight is 218 g/mol. The summed E-state index contributed by atoms with van der Waals surface area (Å²) >= 11 is 0. The highest BCUT2D eigenvalue weighted by atomic mass is 16.3. The number of aromatic nitrogens is 1. The van der Waals surface area contributed by atoms with E-state index in [1.165, 1.54) is 13.8 Å². The molecule has 0 aliphatic heterocycles. The summed E-state index contributed by atoms with van der Waals surface area (Å²) in [5, 5.41) is 13.2. The molecule has 84 valence electrons. The van der Waals surface area contributed by atoms with Crippen molar-refractivity contribution in [3.8, 4) is 0 Å². The second kappa shape index (κ2) is 3.64. The van der Waals surface area contributed by atoms with Gasteiger partial charge in [-0.15, -0.1) is 0 Å². The summed E-state index contributed by atoms with van der Waals surface area (Å²) < 4.78 is 0. The molecule has 2 aromatic rings. The number of hydrogen-bond donors (Lipinski definition) is 3. The summed E-state index contributed by atoms with van der Waals surface area (Å²) in [5.41, 5.74) is 0.259. The van der Waals surface area contributed by atoms with Gasteiger partial charge in [-0.3, -0.25) is 4.79 Å². The van der Waals surface area contributed by atoms with Gasteiger partial charge in [0.25, 0.3) is 5.91 Å². The van der Waals surface area contributed by atoms with Gasteiger partial charge in [-0.25, -0.2) is 0 Å². The number of nitrogens with one attached hydrogen (secondary N) is 2. The van der Waals surface area contributed by atoms with E-state index in [4.69, 9.17) is 0 Å². The van der Waals surface area contributed by atoms with Crippen molar-refractivity contribution in [3.63, 3.8) is 0 Å². The lowest BCUT2D eigenvalue weighted by molar-refractivity contribution is -0.130. The Morgan fingerprint density at radius 1 is 1.38 bits per heavy atom. The Hall–Kier alpha value is -1.81. The van der Waals surface area contributed by atoms with Gasteiger partial charge < -0.3 is 15.4 Å². The molecule has 0 saturated heterocycles. The van der Waals surface area contributed by atoms with E-state index < -0.39 is 11.5 Å². The molecule has 0 aliphatic carbocycles. The van der Waals surface area contributed by atoms with Crippen molar-refractivity contribution in [1.29, 1.82) is 0 Å². The molecule has 0 fully saturated rings. The van der Waals surface area contributed by atoms with Gasteiger partial charge in [0.1, 0.15) is 5.60 Å². The van der Waals surface area contributed by atoms with E-state index in [9.17, 15) is 9.90 Å². The van der Waals surface area contributed by atoms with Crippen LogP contribution in [0.25, 0.3) is 10.9 Å². The van der Waals surface area contributed by atoms with Crippen LogP contribution in [0.4, 0.5) is 5.69 Å². The van der Waals surface area contributed by atoms with Crippen LogP contribution in [0.3, 0.4) is 0 Å². The lowest BCUT2D eigenvalue weighted by atomic mass is 10.1. The monoisotopic (exact) mass is 218 g/mol. The molecule has 0 aliphatic rings. The van der Waals surface area contributed by atoms with Gasteiger partial charge in [-0.1, -0.05) is 18.2 Å². The molecular formula is C12H14N2O2. The number of carbonyl (C=O) groups is 1. The van der Waals surface area contributed by atoms with Gasteiger partial charge in [-0.2, -0.15) is 0 Å². The van der Waals surface area contributed by atoms with Gasteiger partial charge in [-0.05, 0) is 19.9 Å². The number of rotatable bonds is 2. The zero-order chi connectivity index (χ0) is 11.8. The average Bonchev–Trinajstić information content (AvgIpc) is 2.61. The predicted octanol–water partition coefficient (Wildman–Crippen LogP) is 1.88. The van der Waals surface area contributed by atoms with Crippen LogP contribution in [-0.2, 0) is 4.79 Å². The van der Waals surface area contributed by atoms with Crippen molar-refractivity contribution in [1.82, 2.24) is 4.98 Å². The Balaban J connectivity index is 2.32. The lowest BCUT2D eigenvalue weighted by Gasteiger charge is -2.15. The molecule has 1 heterocycles. The van der Waals surface area contributed by atoms with Crippen molar-refractivity contribution in [3.05, 3.63) is 30.5 Å². The molecule has 0 radical (unpaired) electrons. The second-order valence-electron chi connectivity index (χ2n) is 4.26. The van der Waals surface area contributed by atoms with Crippen LogP contribution in [0.5, 0.6) is 0 Å². The molecule has 0 bridgehead atoms. The van der Waals surface area contributed by atoms with Crippen molar-refractivity contribution in [2.45, 2.75) is 19.4 Å². The number of hydrogen-bond acceptors (Lipinski definition) is 2. The van der Waals surface area contributed by atoms with E-state index in [1.54, 1.807) is 6.20 Å². The Kier molecular flexibility index (Phi) is 2.44. The van der Waals surface area contributed by atoms with Crippen LogP contribution in [0.15, 0.2) is 30.5 Å². The molecule has 4 heteroatoms. The van der Waals surface area contributed by atoms with Crippen LogP contribution >= 0.6 is 0 Å². The number of amides is 1. The Morgan fingerprint density at radius 2 is 2.06 bits per heavy atom. The fraction of sp³-hybridized carbons (Fsp3) is 0.250. The van der Waals surface area contributed by atoms with Gasteiger partial charge in [0.15, 0.2) is 0 Å². The van der Waals surface area contributed by atoms with E-state index >= 15 is 0 Å². The number of carbonyl (C=O) groups excluding carboxylic acids is 1. The Morgan fingerprint density at radius 3 is 2.75 bits per heavy atom. The van der Waals surface area contributed by atoms with Gasteiger partial charge in [0, 0.05) is 17.1 Å². The van der Waals surface area contributed by atoms with E-state index in [2.05, 4.69) is 10.3 Å². The maximum Gasteiger partial charge on any atom is 0.255 e. The zero-order valence-corrected chi connectivity index (χ0v) is 9.24. The molecule has 0 unspecified atom stereocenters. The van der Waals surface area contributed by atoms with E-state index in [0.717, 1.165) is 10.9 Å².